The second-order valence-corrected chi connectivity index (χ2v) is 7.51. The van der Waals surface area contributed by atoms with Gasteiger partial charge in [-0.15, -0.1) is 0 Å². The highest BCUT2D eigenvalue weighted by molar-refractivity contribution is 5.76. The Morgan fingerprint density at radius 3 is 2.36 bits per heavy atom. The summed E-state index contributed by atoms with van der Waals surface area (Å²) in [7, 11) is 1.81. The van der Waals surface area contributed by atoms with Gasteiger partial charge in [0, 0.05) is 20.0 Å². The van der Waals surface area contributed by atoms with Crippen molar-refractivity contribution in [2.75, 3.05) is 7.05 Å². The molecule has 0 N–H and O–H groups in total. The summed E-state index contributed by atoms with van der Waals surface area (Å²) >= 11 is 0. The summed E-state index contributed by atoms with van der Waals surface area (Å²) in [6, 6.07) is 18.0. The van der Waals surface area contributed by atoms with E-state index in [1.807, 2.05) is 25.2 Å². The maximum atomic E-state index is 12.4. The fourth-order valence-corrected chi connectivity index (χ4v) is 2.71. The molecule has 0 fully saturated rings. The third-order valence-corrected chi connectivity index (χ3v) is 4.35. The topological polar surface area (TPSA) is 44.1 Å². The monoisotopic (exact) mass is 334 g/mol. The first-order valence-electron chi connectivity index (χ1n) is 8.62. The Morgan fingerprint density at radius 1 is 1.08 bits per heavy atom. The number of carbonyl (C=O) groups excluding carboxylic acids is 1. The van der Waals surface area contributed by atoms with Crippen LogP contribution in [0.25, 0.3) is 0 Å². The molecule has 0 heterocycles. The first kappa shape index (κ1) is 18.7. The van der Waals surface area contributed by atoms with Crippen molar-refractivity contribution in [2.24, 2.45) is 0 Å². The summed E-state index contributed by atoms with van der Waals surface area (Å²) < 4.78 is 0. The first-order chi connectivity index (χ1) is 11.8. The molecular weight excluding hydrogens is 308 g/mol. The predicted octanol–water partition coefficient (Wildman–Crippen LogP) is 4.45. The number of hydrogen-bond acceptors (Lipinski definition) is 2. The zero-order valence-electron chi connectivity index (χ0n) is 15.5. The SMILES string of the molecule is CN(Cc1cccc(C#N)c1)C(=O)CCc1ccc(C(C)(C)C)cc1. The number of benzene rings is 2. The minimum atomic E-state index is 0.113. The van der Waals surface area contributed by atoms with Gasteiger partial charge in [-0.1, -0.05) is 57.2 Å². The fourth-order valence-electron chi connectivity index (χ4n) is 2.71. The average molecular weight is 334 g/mol. The van der Waals surface area contributed by atoms with Crippen molar-refractivity contribution in [3.63, 3.8) is 0 Å². The minimum Gasteiger partial charge on any atom is -0.341 e. The molecule has 130 valence electrons. The van der Waals surface area contributed by atoms with Crippen molar-refractivity contribution in [1.82, 2.24) is 4.90 Å². The molecule has 0 radical (unpaired) electrons. The van der Waals surface area contributed by atoms with Gasteiger partial charge < -0.3 is 4.90 Å². The molecule has 0 saturated carbocycles. The van der Waals surface area contributed by atoms with Gasteiger partial charge in [0.25, 0.3) is 0 Å². The lowest BCUT2D eigenvalue weighted by Gasteiger charge is -2.19. The van der Waals surface area contributed by atoms with Crippen LogP contribution in [-0.2, 0) is 23.2 Å². The van der Waals surface area contributed by atoms with Gasteiger partial charge in [-0.25, -0.2) is 0 Å². The van der Waals surface area contributed by atoms with Crippen molar-refractivity contribution < 1.29 is 4.79 Å². The van der Waals surface area contributed by atoms with Gasteiger partial charge in [0.1, 0.15) is 0 Å². The quantitative estimate of drug-likeness (QED) is 0.811. The van der Waals surface area contributed by atoms with Crippen molar-refractivity contribution >= 4 is 5.91 Å². The van der Waals surface area contributed by atoms with Gasteiger partial charge in [0.15, 0.2) is 0 Å². The lowest BCUT2D eigenvalue weighted by atomic mass is 9.86. The van der Waals surface area contributed by atoms with Crippen LogP contribution in [-0.4, -0.2) is 17.9 Å². The predicted molar refractivity (Wildman–Crippen MR) is 101 cm³/mol. The Balaban J connectivity index is 1.90. The highest BCUT2D eigenvalue weighted by Gasteiger charge is 2.14. The molecule has 0 saturated heterocycles. The summed E-state index contributed by atoms with van der Waals surface area (Å²) in [4.78, 5) is 14.1. The van der Waals surface area contributed by atoms with E-state index >= 15 is 0 Å². The van der Waals surface area contributed by atoms with Gasteiger partial charge in [-0.3, -0.25) is 4.79 Å². The van der Waals surface area contributed by atoms with E-state index in [-0.39, 0.29) is 11.3 Å². The highest BCUT2D eigenvalue weighted by Crippen LogP contribution is 2.22. The van der Waals surface area contributed by atoms with E-state index in [0.717, 1.165) is 12.0 Å². The second kappa shape index (κ2) is 7.98. The maximum absolute atomic E-state index is 12.4. The molecule has 2 aromatic carbocycles. The van der Waals surface area contributed by atoms with E-state index in [2.05, 4.69) is 51.1 Å². The molecule has 0 aliphatic heterocycles. The van der Waals surface area contributed by atoms with E-state index in [9.17, 15) is 4.79 Å². The summed E-state index contributed by atoms with van der Waals surface area (Å²) in [5.74, 6) is 0.113. The number of aryl methyl sites for hydroxylation is 1. The van der Waals surface area contributed by atoms with Crippen LogP contribution in [0, 0.1) is 11.3 Å². The Labute approximate surface area is 150 Å². The molecule has 0 unspecified atom stereocenters. The molecular formula is C22H26N2O. The number of carbonyl (C=O) groups is 1. The van der Waals surface area contributed by atoms with Gasteiger partial charge in [-0.2, -0.15) is 5.26 Å². The van der Waals surface area contributed by atoms with Crippen LogP contribution in [0.5, 0.6) is 0 Å². The zero-order valence-corrected chi connectivity index (χ0v) is 15.5. The third-order valence-electron chi connectivity index (χ3n) is 4.35. The van der Waals surface area contributed by atoms with Crippen LogP contribution >= 0.6 is 0 Å². The molecule has 0 atom stereocenters. The van der Waals surface area contributed by atoms with Gasteiger partial charge in [0.2, 0.25) is 5.91 Å². The molecule has 0 bridgehead atoms. The third kappa shape index (κ3) is 5.46. The molecule has 3 heteroatoms. The molecule has 0 aromatic heterocycles. The molecule has 1 amide bonds. The van der Waals surface area contributed by atoms with Crippen LogP contribution in [0.15, 0.2) is 48.5 Å². The van der Waals surface area contributed by atoms with E-state index in [1.165, 1.54) is 11.1 Å². The van der Waals surface area contributed by atoms with Crippen molar-refractivity contribution in [3.05, 3.63) is 70.8 Å². The average Bonchev–Trinajstić information content (AvgIpc) is 2.59. The normalized spacial score (nSPS) is 11.0. The highest BCUT2D eigenvalue weighted by atomic mass is 16.2. The molecule has 3 nitrogen and oxygen atoms in total. The Bertz CT molecular complexity index is 764. The lowest BCUT2D eigenvalue weighted by Crippen LogP contribution is -2.26. The van der Waals surface area contributed by atoms with E-state index in [1.54, 1.807) is 11.0 Å². The Kier molecular flexibility index (Phi) is 5.98. The summed E-state index contributed by atoms with van der Waals surface area (Å²) in [6.07, 6.45) is 1.23. The fraction of sp³-hybridized carbons (Fsp3) is 0.364. The summed E-state index contributed by atoms with van der Waals surface area (Å²) in [6.45, 7) is 7.11. The van der Waals surface area contributed by atoms with Crippen molar-refractivity contribution in [1.29, 1.82) is 5.26 Å². The van der Waals surface area contributed by atoms with Crippen LogP contribution in [0.3, 0.4) is 0 Å². The molecule has 2 rings (SSSR count). The Morgan fingerprint density at radius 2 is 1.76 bits per heavy atom. The number of nitriles is 1. The molecule has 0 spiro atoms. The standard InChI is InChI=1S/C22H26N2O/c1-22(2,3)20-11-8-17(9-12-20)10-13-21(25)24(4)16-19-7-5-6-18(14-19)15-23/h5-9,11-12,14H,10,13,16H2,1-4H3. The smallest absolute Gasteiger partial charge is 0.222 e. The van der Waals surface area contributed by atoms with Gasteiger partial charge >= 0.3 is 0 Å². The zero-order chi connectivity index (χ0) is 18.4. The first-order valence-corrected chi connectivity index (χ1v) is 8.62. The molecule has 0 aliphatic carbocycles. The van der Waals surface area contributed by atoms with Crippen molar-refractivity contribution in [2.45, 2.75) is 45.6 Å². The van der Waals surface area contributed by atoms with Crippen LogP contribution < -0.4 is 0 Å². The molecule has 0 aliphatic rings. The number of amides is 1. The number of rotatable bonds is 5. The number of nitrogens with zero attached hydrogens (tertiary/aromatic N) is 2. The second-order valence-electron chi connectivity index (χ2n) is 7.51. The lowest BCUT2D eigenvalue weighted by molar-refractivity contribution is -0.130. The van der Waals surface area contributed by atoms with Gasteiger partial charge in [-0.05, 0) is 40.7 Å². The van der Waals surface area contributed by atoms with Crippen LogP contribution in [0.4, 0.5) is 0 Å². The molecule has 2 aromatic rings. The van der Waals surface area contributed by atoms with E-state index in [4.69, 9.17) is 5.26 Å². The Hall–Kier alpha value is -2.60. The van der Waals surface area contributed by atoms with E-state index in [0.29, 0.717) is 18.5 Å². The van der Waals surface area contributed by atoms with Crippen LogP contribution in [0.2, 0.25) is 0 Å². The van der Waals surface area contributed by atoms with E-state index < -0.39 is 0 Å². The largest absolute Gasteiger partial charge is 0.341 e. The number of hydrogen-bond donors (Lipinski definition) is 0. The van der Waals surface area contributed by atoms with Crippen LogP contribution in [0.1, 0.15) is 49.4 Å². The summed E-state index contributed by atoms with van der Waals surface area (Å²) in [5.41, 5.74) is 4.23. The van der Waals surface area contributed by atoms with Gasteiger partial charge in [0.05, 0.1) is 11.6 Å². The maximum Gasteiger partial charge on any atom is 0.222 e. The summed E-state index contributed by atoms with van der Waals surface area (Å²) in [5, 5.41) is 8.95. The minimum absolute atomic E-state index is 0.113. The molecule has 25 heavy (non-hydrogen) atoms. The van der Waals surface area contributed by atoms with Crippen molar-refractivity contribution in [3.8, 4) is 6.07 Å².